The Morgan fingerprint density at radius 1 is 1.32 bits per heavy atom. The lowest BCUT2D eigenvalue weighted by molar-refractivity contribution is -0.145. The van der Waals surface area contributed by atoms with Crippen molar-refractivity contribution in [2.45, 2.75) is 18.1 Å². The van der Waals surface area contributed by atoms with E-state index in [1.165, 1.54) is 0 Å². The van der Waals surface area contributed by atoms with Crippen molar-refractivity contribution in [1.29, 1.82) is 0 Å². The molecule has 2 N–H and O–H groups in total. The average molecular weight is 284 g/mol. The molecule has 0 saturated heterocycles. The number of carboxylic acids is 1. The van der Waals surface area contributed by atoms with E-state index < -0.39 is 39.0 Å². The van der Waals surface area contributed by atoms with Crippen LogP contribution in [0.1, 0.15) is 17.0 Å². The standard InChI is InChI=1S/C13H16O5S/c1-8-3-5-9(6-4-8)10-11(19(2,17)18)13(10,7-14)12(15)16/h3-6,10-11,14H,7H2,1-2H3,(H,15,16)/t10-,11-,13-/m0/s1. The first kappa shape index (κ1) is 14.0. The van der Waals surface area contributed by atoms with Crippen molar-refractivity contribution >= 4 is 15.8 Å². The molecule has 0 heterocycles. The van der Waals surface area contributed by atoms with Crippen LogP contribution in [0.2, 0.25) is 0 Å². The lowest BCUT2D eigenvalue weighted by Crippen LogP contribution is -2.27. The van der Waals surface area contributed by atoms with Gasteiger partial charge in [-0.2, -0.15) is 0 Å². The Kier molecular flexibility index (Phi) is 3.18. The molecule has 6 heteroatoms. The Morgan fingerprint density at radius 3 is 2.16 bits per heavy atom. The van der Waals surface area contributed by atoms with E-state index in [0.717, 1.165) is 11.8 Å². The Labute approximate surface area is 111 Å². The minimum atomic E-state index is -3.54. The van der Waals surface area contributed by atoms with E-state index in [1.54, 1.807) is 24.3 Å². The Bertz CT molecular complexity index is 604. The third-order valence-corrected chi connectivity index (χ3v) is 5.43. The van der Waals surface area contributed by atoms with E-state index in [9.17, 15) is 23.4 Å². The SMILES string of the molecule is Cc1ccc([C@H]2[C@H](S(C)(=O)=O)[C@@]2(CO)C(=O)O)cc1. The fourth-order valence-corrected chi connectivity index (χ4v) is 4.69. The first-order chi connectivity index (χ1) is 8.75. The van der Waals surface area contributed by atoms with E-state index in [-0.39, 0.29) is 0 Å². The van der Waals surface area contributed by atoms with Crippen LogP contribution >= 0.6 is 0 Å². The van der Waals surface area contributed by atoms with Gasteiger partial charge in [0.05, 0.1) is 11.9 Å². The zero-order valence-corrected chi connectivity index (χ0v) is 11.5. The number of aliphatic hydroxyl groups excluding tert-OH is 1. The van der Waals surface area contributed by atoms with Gasteiger partial charge in [0.25, 0.3) is 0 Å². The fourth-order valence-electron chi connectivity index (χ4n) is 2.79. The molecule has 5 nitrogen and oxygen atoms in total. The molecule has 0 spiro atoms. The lowest BCUT2D eigenvalue weighted by Gasteiger charge is -2.08. The van der Waals surface area contributed by atoms with E-state index in [1.807, 2.05) is 6.92 Å². The minimum absolute atomic E-state index is 0.637. The maximum Gasteiger partial charge on any atom is 0.314 e. The summed E-state index contributed by atoms with van der Waals surface area (Å²) in [6, 6.07) is 7.05. The Hall–Kier alpha value is -1.40. The van der Waals surface area contributed by atoms with Gasteiger partial charge in [-0.05, 0) is 12.5 Å². The molecule has 0 amide bonds. The van der Waals surface area contributed by atoms with Crippen LogP contribution < -0.4 is 0 Å². The van der Waals surface area contributed by atoms with Crippen molar-refractivity contribution in [1.82, 2.24) is 0 Å². The average Bonchev–Trinajstić information content (AvgIpc) is 3.00. The van der Waals surface area contributed by atoms with Gasteiger partial charge in [-0.1, -0.05) is 29.8 Å². The number of aliphatic carboxylic acids is 1. The highest BCUT2D eigenvalue weighted by molar-refractivity contribution is 7.91. The van der Waals surface area contributed by atoms with Gasteiger partial charge >= 0.3 is 5.97 Å². The Morgan fingerprint density at radius 2 is 1.84 bits per heavy atom. The fraction of sp³-hybridized carbons (Fsp3) is 0.462. The summed E-state index contributed by atoms with van der Waals surface area (Å²) < 4.78 is 23.5. The maximum atomic E-state index is 11.7. The van der Waals surface area contributed by atoms with Crippen molar-refractivity contribution in [3.8, 4) is 0 Å². The van der Waals surface area contributed by atoms with Crippen LogP contribution in [0.5, 0.6) is 0 Å². The van der Waals surface area contributed by atoms with Crippen molar-refractivity contribution in [2.24, 2.45) is 5.41 Å². The molecule has 0 unspecified atom stereocenters. The van der Waals surface area contributed by atoms with Crippen molar-refractivity contribution < 1.29 is 23.4 Å². The number of aliphatic hydroxyl groups is 1. The molecule has 0 aliphatic heterocycles. The third kappa shape index (κ3) is 2.04. The van der Waals surface area contributed by atoms with E-state index in [2.05, 4.69) is 0 Å². The molecule has 104 valence electrons. The number of carbonyl (C=O) groups is 1. The molecule has 1 aliphatic rings. The molecule has 19 heavy (non-hydrogen) atoms. The molecule has 1 fully saturated rings. The van der Waals surface area contributed by atoms with Gasteiger partial charge in [0.1, 0.15) is 5.41 Å². The maximum absolute atomic E-state index is 11.7. The number of benzene rings is 1. The zero-order chi connectivity index (χ0) is 14.4. The summed E-state index contributed by atoms with van der Waals surface area (Å²) in [5.74, 6) is -1.96. The molecular formula is C13H16O5S. The number of rotatable bonds is 4. The quantitative estimate of drug-likeness (QED) is 0.843. The summed E-state index contributed by atoms with van der Waals surface area (Å²) in [7, 11) is -3.54. The van der Waals surface area contributed by atoms with Gasteiger partial charge in [-0.3, -0.25) is 4.79 Å². The van der Waals surface area contributed by atoms with Crippen molar-refractivity contribution in [3.63, 3.8) is 0 Å². The number of hydrogen-bond donors (Lipinski definition) is 2. The van der Waals surface area contributed by atoms with Gasteiger partial charge in [-0.15, -0.1) is 0 Å². The van der Waals surface area contributed by atoms with Gasteiger partial charge < -0.3 is 10.2 Å². The molecule has 0 aromatic heterocycles. The summed E-state index contributed by atoms with van der Waals surface area (Å²) in [6.45, 7) is 1.21. The molecule has 0 radical (unpaired) electrons. The highest BCUT2D eigenvalue weighted by Gasteiger charge is 2.74. The van der Waals surface area contributed by atoms with Crippen LogP contribution in [-0.2, 0) is 14.6 Å². The highest BCUT2D eigenvalue weighted by atomic mass is 32.2. The first-order valence-corrected chi connectivity index (χ1v) is 7.80. The minimum Gasteiger partial charge on any atom is -0.481 e. The molecule has 0 bridgehead atoms. The van der Waals surface area contributed by atoms with Gasteiger partial charge in [0.15, 0.2) is 9.84 Å². The molecule has 2 rings (SSSR count). The number of sulfone groups is 1. The van der Waals surface area contributed by atoms with Crippen molar-refractivity contribution in [2.75, 3.05) is 12.9 Å². The van der Waals surface area contributed by atoms with E-state index in [0.29, 0.717) is 5.56 Å². The predicted molar refractivity (Wildman–Crippen MR) is 69.7 cm³/mol. The zero-order valence-electron chi connectivity index (χ0n) is 10.7. The molecule has 1 aliphatic carbocycles. The highest BCUT2D eigenvalue weighted by Crippen LogP contribution is 2.62. The second kappa shape index (κ2) is 4.31. The van der Waals surface area contributed by atoms with Crippen LogP contribution in [-0.4, -0.2) is 42.7 Å². The van der Waals surface area contributed by atoms with E-state index in [4.69, 9.17) is 0 Å². The molecule has 1 aromatic carbocycles. The summed E-state index contributed by atoms with van der Waals surface area (Å²) in [4.78, 5) is 11.4. The first-order valence-electron chi connectivity index (χ1n) is 5.85. The summed E-state index contributed by atoms with van der Waals surface area (Å²) >= 11 is 0. The second-order valence-electron chi connectivity index (χ2n) is 5.14. The predicted octanol–water partition coefficient (Wildman–Crippen LogP) is 0.569. The number of aryl methyl sites for hydroxylation is 1. The van der Waals surface area contributed by atoms with E-state index >= 15 is 0 Å². The summed E-state index contributed by atoms with van der Waals surface area (Å²) in [5.41, 5.74) is 0.0331. The van der Waals surface area contributed by atoms with Gasteiger partial charge in [0, 0.05) is 12.2 Å². The molecular weight excluding hydrogens is 268 g/mol. The van der Waals surface area contributed by atoms with Crippen LogP contribution in [0.15, 0.2) is 24.3 Å². The van der Waals surface area contributed by atoms with Crippen LogP contribution in [0.4, 0.5) is 0 Å². The molecule has 1 aromatic rings. The summed E-state index contributed by atoms with van der Waals surface area (Å²) in [6.07, 6.45) is 1.01. The molecule has 1 saturated carbocycles. The van der Waals surface area contributed by atoms with Gasteiger partial charge in [-0.25, -0.2) is 8.42 Å². The summed E-state index contributed by atoms with van der Waals surface area (Å²) in [5, 5.41) is 17.6. The smallest absolute Gasteiger partial charge is 0.314 e. The topological polar surface area (TPSA) is 91.7 Å². The van der Waals surface area contributed by atoms with Gasteiger partial charge in [0.2, 0.25) is 0 Å². The lowest BCUT2D eigenvalue weighted by atomic mass is 9.99. The number of hydrogen-bond acceptors (Lipinski definition) is 4. The van der Waals surface area contributed by atoms with Crippen LogP contribution in [0, 0.1) is 12.3 Å². The molecule has 3 atom stereocenters. The van der Waals surface area contributed by atoms with Crippen molar-refractivity contribution in [3.05, 3.63) is 35.4 Å². The second-order valence-corrected chi connectivity index (χ2v) is 7.31. The normalized spacial score (nSPS) is 30.1. The Balaban J connectivity index is 2.50. The van der Waals surface area contributed by atoms with Crippen LogP contribution in [0.3, 0.4) is 0 Å². The monoisotopic (exact) mass is 284 g/mol. The third-order valence-electron chi connectivity index (χ3n) is 3.81. The number of carboxylic acid groups (broad SMARTS) is 1. The largest absolute Gasteiger partial charge is 0.481 e. The van der Waals surface area contributed by atoms with Crippen LogP contribution in [0.25, 0.3) is 0 Å².